The molecule has 1 N–H and O–H groups in total. The van der Waals surface area contributed by atoms with Gasteiger partial charge in [-0.15, -0.1) is 0 Å². The molecule has 0 bridgehead atoms. The number of nitrogens with zero attached hydrogens (tertiary/aromatic N) is 2. The molecule has 96 valence electrons. The Morgan fingerprint density at radius 2 is 2.28 bits per heavy atom. The zero-order valence-electron chi connectivity index (χ0n) is 10.3. The van der Waals surface area contributed by atoms with Gasteiger partial charge in [-0.3, -0.25) is 0 Å². The summed E-state index contributed by atoms with van der Waals surface area (Å²) in [5, 5.41) is 4.14. The topological polar surface area (TPSA) is 29.9 Å². The predicted molar refractivity (Wildman–Crippen MR) is 77.9 cm³/mol. The summed E-state index contributed by atoms with van der Waals surface area (Å²) in [7, 11) is 1.99. The highest BCUT2D eigenvalue weighted by atomic mass is 79.9. The van der Waals surface area contributed by atoms with Gasteiger partial charge in [0.1, 0.15) is 5.82 Å². The van der Waals surface area contributed by atoms with Gasteiger partial charge in [-0.25, -0.2) is 4.98 Å². The lowest BCUT2D eigenvalue weighted by molar-refractivity contribution is 0.577. The summed E-state index contributed by atoms with van der Waals surface area (Å²) in [5.74, 6) is 0.982. The van der Waals surface area contributed by atoms with Gasteiger partial charge in [0.25, 0.3) is 0 Å². The molecule has 1 aromatic carbocycles. The van der Waals surface area contributed by atoms with E-state index in [4.69, 9.17) is 11.6 Å². The number of imidazole rings is 1. The molecule has 0 amide bonds. The number of rotatable bonds is 4. The summed E-state index contributed by atoms with van der Waals surface area (Å²) in [6.07, 6.45) is 3.75. The van der Waals surface area contributed by atoms with Crippen LogP contribution in [0.25, 0.3) is 0 Å². The summed E-state index contributed by atoms with van der Waals surface area (Å²) in [4.78, 5) is 4.41. The van der Waals surface area contributed by atoms with E-state index >= 15 is 0 Å². The molecule has 3 nitrogen and oxygen atoms in total. The maximum atomic E-state index is 6.16. The molecule has 18 heavy (non-hydrogen) atoms. The van der Waals surface area contributed by atoms with Crippen molar-refractivity contribution in [2.45, 2.75) is 13.0 Å². The van der Waals surface area contributed by atoms with Crippen molar-refractivity contribution in [1.82, 2.24) is 14.9 Å². The predicted octanol–water partition coefficient (Wildman–Crippen LogP) is 3.53. The van der Waals surface area contributed by atoms with Crippen molar-refractivity contribution in [2.24, 2.45) is 7.05 Å². The Morgan fingerprint density at radius 3 is 2.83 bits per heavy atom. The standard InChI is InChI=1S/C13H15BrClN3/c1-3-16-12(13-17-6-7-18(13)2)9-4-5-10(14)11(15)8-9/h4-8,12,16H,3H2,1-2H3. The van der Waals surface area contributed by atoms with Crippen LogP contribution in [0.4, 0.5) is 0 Å². The molecule has 0 radical (unpaired) electrons. The van der Waals surface area contributed by atoms with E-state index in [1.807, 2.05) is 29.9 Å². The number of halogens is 2. The van der Waals surface area contributed by atoms with Crippen LogP contribution >= 0.6 is 27.5 Å². The van der Waals surface area contributed by atoms with Gasteiger partial charge < -0.3 is 9.88 Å². The second-order valence-electron chi connectivity index (χ2n) is 4.06. The zero-order valence-corrected chi connectivity index (χ0v) is 12.7. The van der Waals surface area contributed by atoms with Gasteiger partial charge in [0.2, 0.25) is 0 Å². The third-order valence-corrected chi connectivity index (χ3v) is 4.03. The van der Waals surface area contributed by atoms with Crippen LogP contribution in [0.3, 0.4) is 0 Å². The minimum absolute atomic E-state index is 0.0561. The minimum atomic E-state index is 0.0561. The van der Waals surface area contributed by atoms with Gasteiger partial charge >= 0.3 is 0 Å². The van der Waals surface area contributed by atoms with Crippen molar-refractivity contribution < 1.29 is 0 Å². The molecule has 0 saturated heterocycles. The Balaban J connectivity index is 2.41. The van der Waals surface area contributed by atoms with Crippen LogP contribution in [0, 0.1) is 0 Å². The highest BCUT2D eigenvalue weighted by molar-refractivity contribution is 9.10. The van der Waals surface area contributed by atoms with Crippen molar-refractivity contribution >= 4 is 27.5 Å². The van der Waals surface area contributed by atoms with E-state index in [2.05, 4.69) is 39.2 Å². The summed E-state index contributed by atoms with van der Waals surface area (Å²) >= 11 is 9.56. The monoisotopic (exact) mass is 327 g/mol. The fourth-order valence-corrected chi connectivity index (χ4v) is 2.35. The largest absolute Gasteiger partial charge is 0.336 e. The molecule has 1 unspecified atom stereocenters. The van der Waals surface area contributed by atoms with Crippen LogP contribution in [0.1, 0.15) is 24.4 Å². The molecule has 5 heteroatoms. The van der Waals surface area contributed by atoms with E-state index in [1.165, 1.54) is 0 Å². The molecule has 1 atom stereocenters. The van der Waals surface area contributed by atoms with Crippen LogP contribution in [-0.4, -0.2) is 16.1 Å². The van der Waals surface area contributed by atoms with Gasteiger partial charge in [-0.1, -0.05) is 24.6 Å². The molecular formula is C13H15BrClN3. The lowest BCUT2D eigenvalue weighted by Gasteiger charge is -2.18. The Labute approximate surface area is 120 Å². The Hall–Kier alpha value is -0.840. The first kappa shape index (κ1) is 13.6. The van der Waals surface area contributed by atoms with Gasteiger partial charge in [0.15, 0.2) is 0 Å². The van der Waals surface area contributed by atoms with Crippen LogP contribution in [0.2, 0.25) is 5.02 Å². The SMILES string of the molecule is CCNC(c1ccc(Br)c(Cl)c1)c1nccn1C. The van der Waals surface area contributed by atoms with Gasteiger partial charge in [-0.05, 0) is 40.2 Å². The molecule has 0 saturated carbocycles. The van der Waals surface area contributed by atoms with Crippen LogP contribution < -0.4 is 5.32 Å². The third kappa shape index (κ3) is 2.76. The van der Waals surface area contributed by atoms with Gasteiger partial charge in [-0.2, -0.15) is 0 Å². The van der Waals surface area contributed by atoms with Crippen molar-refractivity contribution in [2.75, 3.05) is 6.54 Å². The number of aromatic nitrogens is 2. The van der Waals surface area contributed by atoms with Crippen molar-refractivity contribution in [3.63, 3.8) is 0 Å². The number of hydrogen-bond donors (Lipinski definition) is 1. The fourth-order valence-electron chi connectivity index (χ4n) is 1.91. The van der Waals surface area contributed by atoms with Crippen molar-refractivity contribution in [3.8, 4) is 0 Å². The van der Waals surface area contributed by atoms with Crippen LogP contribution in [-0.2, 0) is 7.05 Å². The first-order valence-electron chi connectivity index (χ1n) is 5.79. The minimum Gasteiger partial charge on any atom is -0.336 e. The van der Waals surface area contributed by atoms with E-state index in [-0.39, 0.29) is 6.04 Å². The quantitative estimate of drug-likeness (QED) is 0.930. The molecule has 1 heterocycles. The first-order valence-corrected chi connectivity index (χ1v) is 6.96. The third-order valence-electron chi connectivity index (χ3n) is 2.80. The maximum Gasteiger partial charge on any atom is 0.130 e. The summed E-state index contributed by atoms with van der Waals surface area (Å²) in [6.45, 7) is 2.95. The summed E-state index contributed by atoms with van der Waals surface area (Å²) in [5.41, 5.74) is 1.11. The van der Waals surface area contributed by atoms with Gasteiger partial charge in [0, 0.05) is 23.9 Å². The molecule has 0 aliphatic rings. The molecule has 2 rings (SSSR count). The first-order chi connectivity index (χ1) is 8.63. The molecular weight excluding hydrogens is 314 g/mol. The van der Waals surface area contributed by atoms with E-state index in [1.54, 1.807) is 6.20 Å². The fraction of sp³-hybridized carbons (Fsp3) is 0.308. The average molecular weight is 329 g/mol. The Morgan fingerprint density at radius 1 is 1.50 bits per heavy atom. The van der Waals surface area contributed by atoms with E-state index in [9.17, 15) is 0 Å². The maximum absolute atomic E-state index is 6.16. The normalized spacial score (nSPS) is 12.7. The van der Waals surface area contributed by atoms with Crippen LogP contribution in [0.5, 0.6) is 0 Å². The van der Waals surface area contributed by atoms with E-state index < -0.39 is 0 Å². The van der Waals surface area contributed by atoms with Crippen molar-refractivity contribution in [1.29, 1.82) is 0 Å². The van der Waals surface area contributed by atoms with E-state index in [0.717, 1.165) is 22.4 Å². The smallest absolute Gasteiger partial charge is 0.130 e. The molecule has 0 aliphatic heterocycles. The number of aryl methyl sites for hydroxylation is 1. The molecule has 2 aromatic rings. The average Bonchev–Trinajstić information content (AvgIpc) is 2.76. The number of nitrogens with one attached hydrogen (secondary N) is 1. The van der Waals surface area contributed by atoms with E-state index in [0.29, 0.717) is 5.02 Å². The number of benzene rings is 1. The molecule has 1 aromatic heterocycles. The highest BCUT2D eigenvalue weighted by Gasteiger charge is 2.17. The lowest BCUT2D eigenvalue weighted by Crippen LogP contribution is -2.24. The van der Waals surface area contributed by atoms with Crippen LogP contribution in [0.15, 0.2) is 35.1 Å². The van der Waals surface area contributed by atoms with Crippen molar-refractivity contribution in [3.05, 3.63) is 51.5 Å². The summed E-state index contributed by atoms with van der Waals surface area (Å²) < 4.78 is 2.92. The highest BCUT2D eigenvalue weighted by Crippen LogP contribution is 2.28. The Bertz CT molecular complexity index is 539. The molecule has 0 spiro atoms. The zero-order chi connectivity index (χ0) is 13.1. The second-order valence-corrected chi connectivity index (χ2v) is 5.32. The summed E-state index contributed by atoms with van der Waals surface area (Å²) in [6, 6.07) is 6.04. The second kappa shape index (κ2) is 5.87. The number of hydrogen-bond acceptors (Lipinski definition) is 2. The van der Waals surface area contributed by atoms with Gasteiger partial charge in [0.05, 0.1) is 11.1 Å². The lowest BCUT2D eigenvalue weighted by atomic mass is 10.1. The molecule has 0 aliphatic carbocycles. The molecule has 0 fully saturated rings. The Kier molecular flexibility index (Phi) is 4.43.